The SMILES string of the molecule is CC1(C)CC(C)(C)c2cc(C(=O)/C=C/c3ccc(C(=O)O)cc3)ccc2S1. The number of carboxylic acids is 1. The smallest absolute Gasteiger partial charge is 0.335 e. The van der Waals surface area contributed by atoms with Gasteiger partial charge in [-0.2, -0.15) is 0 Å². The zero-order valence-corrected chi connectivity index (χ0v) is 16.9. The fourth-order valence-electron chi connectivity index (χ4n) is 3.80. The Labute approximate surface area is 164 Å². The van der Waals surface area contributed by atoms with Gasteiger partial charge in [-0.05, 0) is 59.4 Å². The van der Waals surface area contributed by atoms with Crippen LogP contribution in [0.1, 0.15) is 66.0 Å². The lowest BCUT2D eigenvalue weighted by molar-refractivity contribution is 0.0696. The van der Waals surface area contributed by atoms with E-state index < -0.39 is 5.97 Å². The molecule has 3 nitrogen and oxygen atoms in total. The van der Waals surface area contributed by atoms with E-state index in [4.69, 9.17) is 5.11 Å². The summed E-state index contributed by atoms with van der Waals surface area (Å²) in [4.78, 5) is 24.8. The second kappa shape index (κ2) is 7.01. The number of carbonyl (C=O) groups excluding carboxylic acids is 1. The van der Waals surface area contributed by atoms with Gasteiger partial charge < -0.3 is 5.11 Å². The molecular weight excluding hydrogens is 356 g/mol. The molecule has 0 saturated carbocycles. The van der Waals surface area contributed by atoms with E-state index in [0.717, 1.165) is 12.0 Å². The molecule has 0 spiro atoms. The number of carbonyl (C=O) groups is 2. The Morgan fingerprint density at radius 3 is 2.26 bits per heavy atom. The minimum atomic E-state index is -0.959. The van der Waals surface area contributed by atoms with Crippen molar-refractivity contribution in [3.05, 3.63) is 70.8 Å². The minimum Gasteiger partial charge on any atom is -0.478 e. The summed E-state index contributed by atoms with van der Waals surface area (Å²) in [6.07, 6.45) is 4.32. The lowest BCUT2D eigenvalue weighted by Crippen LogP contribution is -2.33. The number of allylic oxidation sites excluding steroid dienone is 1. The van der Waals surface area contributed by atoms with Gasteiger partial charge in [0.1, 0.15) is 0 Å². The van der Waals surface area contributed by atoms with Gasteiger partial charge in [0.15, 0.2) is 5.78 Å². The quantitative estimate of drug-likeness (QED) is 0.535. The number of benzene rings is 2. The fraction of sp³-hybridized carbons (Fsp3) is 0.304. The van der Waals surface area contributed by atoms with Crippen LogP contribution >= 0.6 is 11.8 Å². The van der Waals surface area contributed by atoms with E-state index in [1.165, 1.54) is 22.6 Å². The molecule has 4 heteroatoms. The number of hydrogen-bond donors (Lipinski definition) is 1. The largest absolute Gasteiger partial charge is 0.478 e. The van der Waals surface area contributed by atoms with E-state index >= 15 is 0 Å². The predicted molar refractivity (Wildman–Crippen MR) is 111 cm³/mol. The Bertz CT molecular complexity index is 921. The van der Waals surface area contributed by atoms with E-state index in [2.05, 4.69) is 33.8 Å². The lowest BCUT2D eigenvalue weighted by atomic mass is 9.76. The van der Waals surface area contributed by atoms with Gasteiger partial charge in [0.2, 0.25) is 0 Å². The average Bonchev–Trinajstić information content (AvgIpc) is 2.58. The van der Waals surface area contributed by atoms with E-state index in [1.807, 2.05) is 23.9 Å². The van der Waals surface area contributed by atoms with E-state index in [-0.39, 0.29) is 21.5 Å². The summed E-state index contributed by atoms with van der Waals surface area (Å²) in [7, 11) is 0. The molecule has 0 radical (unpaired) electrons. The third kappa shape index (κ3) is 4.33. The lowest BCUT2D eigenvalue weighted by Gasteiger charge is -2.41. The maximum atomic E-state index is 12.6. The van der Waals surface area contributed by atoms with E-state index in [1.54, 1.807) is 24.3 Å². The fourth-order valence-corrected chi connectivity index (χ4v) is 5.41. The summed E-state index contributed by atoms with van der Waals surface area (Å²) in [5.41, 5.74) is 2.97. The van der Waals surface area contributed by atoms with Crippen LogP contribution in [-0.4, -0.2) is 21.6 Å². The van der Waals surface area contributed by atoms with Crippen LogP contribution in [0.25, 0.3) is 6.08 Å². The molecule has 0 aliphatic carbocycles. The Hall–Kier alpha value is -2.33. The van der Waals surface area contributed by atoms with Crippen molar-refractivity contribution in [2.24, 2.45) is 0 Å². The van der Waals surface area contributed by atoms with Crippen molar-refractivity contribution in [2.45, 2.75) is 49.2 Å². The first kappa shape index (κ1) is 19.4. The van der Waals surface area contributed by atoms with Gasteiger partial charge in [0, 0.05) is 15.2 Å². The first-order chi connectivity index (χ1) is 12.6. The van der Waals surface area contributed by atoms with Crippen molar-refractivity contribution in [3.8, 4) is 0 Å². The molecule has 0 unspecified atom stereocenters. The summed E-state index contributed by atoms with van der Waals surface area (Å²) in [6, 6.07) is 12.4. The highest BCUT2D eigenvalue weighted by molar-refractivity contribution is 8.00. The molecule has 0 fully saturated rings. The molecule has 2 aromatic rings. The Morgan fingerprint density at radius 1 is 1.00 bits per heavy atom. The monoisotopic (exact) mass is 380 g/mol. The zero-order valence-electron chi connectivity index (χ0n) is 16.1. The van der Waals surface area contributed by atoms with Crippen molar-refractivity contribution < 1.29 is 14.7 Å². The Kier molecular flexibility index (Phi) is 5.04. The van der Waals surface area contributed by atoms with Crippen LogP contribution in [0.5, 0.6) is 0 Å². The molecule has 0 bridgehead atoms. The molecule has 0 atom stereocenters. The molecule has 0 saturated heterocycles. The highest BCUT2D eigenvalue weighted by Crippen LogP contribution is 2.51. The molecule has 1 aliphatic rings. The number of aromatic carboxylic acids is 1. The van der Waals surface area contributed by atoms with Gasteiger partial charge in [-0.3, -0.25) is 4.79 Å². The Balaban J connectivity index is 1.83. The van der Waals surface area contributed by atoms with E-state index in [9.17, 15) is 9.59 Å². The average molecular weight is 381 g/mol. The second-order valence-electron chi connectivity index (χ2n) is 8.26. The second-order valence-corrected chi connectivity index (χ2v) is 10.0. The first-order valence-corrected chi connectivity index (χ1v) is 9.78. The minimum absolute atomic E-state index is 0.0246. The standard InChI is InChI=1S/C23H24O3S/c1-22(2)14-23(3,4)27-20-12-10-17(13-18(20)22)19(24)11-7-15-5-8-16(9-6-15)21(25)26/h5-13H,14H2,1-4H3,(H,25,26)/b11-7+. The molecule has 3 rings (SSSR count). The molecular formula is C23H24O3S. The highest BCUT2D eigenvalue weighted by atomic mass is 32.2. The van der Waals surface area contributed by atoms with Crippen molar-refractivity contribution in [1.82, 2.24) is 0 Å². The first-order valence-electron chi connectivity index (χ1n) is 8.97. The number of thioether (sulfide) groups is 1. The van der Waals surface area contributed by atoms with E-state index in [0.29, 0.717) is 5.56 Å². The van der Waals surface area contributed by atoms with Crippen LogP contribution in [0.15, 0.2) is 53.4 Å². The van der Waals surface area contributed by atoms with Crippen molar-refractivity contribution in [1.29, 1.82) is 0 Å². The van der Waals surface area contributed by atoms with Crippen LogP contribution in [0.4, 0.5) is 0 Å². The number of ketones is 1. The predicted octanol–water partition coefficient (Wildman–Crippen LogP) is 5.83. The van der Waals surface area contributed by atoms with Gasteiger partial charge in [-0.25, -0.2) is 4.79 Å². The molecule has 1 N–H and O–H groups in total. The topological polar surface area (TPSA) is 54.4 Å². The maximum Gasteiger partial charge on any atom is 0.335 e. The Morgan fingerprint density at radius 2 is 1.63 bits per heavy atom. The number of rotatable bonds is 4. The molecule has 0 aromatic heterocycles. The van der Waals surface area contributed by atoms with Gasteiger partial charge in [-0.1, -0.05) is 45.9 Å². The van der Waals surface area contributed by atoms with Crippen molar-refractivity contribution >= 4 is 29.6 Å². The van der Waals surface area contributed by atoms with Crippen molar-refractivity contribution in [2.75, 3.05) is 0 Å². The van der Waals surface area contributed by atoms with Gasteiger partial charge in [0.05, 0.1) is 5.56 Å². The van der Waals surface area contributed by atoms with Crippen LogP contribution < -0.4 is 0 Å². The maximum absolute atomic E-state index is 12.6. The van der Waals surface area contributed by atoms with Crippen molar-refractivity contribution in [3.63, 3.8) is 0 Å². The molecule has 27 heavy (non-hydrogen) atoms. The molecule has 1 aliphatic heterocycles. The molecule has 2 aromatic carbocycles. The van der Waals surface area contributed by atoms with Crippen LogP contribution in [0.3, 0.4) is 0 Å². The highest BCUT2D eigenvalue weighted by Gasteiger charge is 2.38. The normalized spacial score (nSPS) is 17.5. The van der Waals surface area contributed by atoms with Gasteiger partial charge in [0.25, 0.3) is 0 Å². The molecule has 0 amide bonds. The number of carboxylic acid groups (broad SMARTS) is 1. The molecule has 1 heterocycles. The zero-order chi connectivity index (χ0) is 19.8. The number of hydrogen-bond acceptors (Lipinski definition) is 3. The van der Waals surface area contributed by atoms with Gasteiger partial charge >= 0.3 is 5.97 Å². The third-order valence-corrected chi connectivity index (χ3v) is 6.10. The summed E-state index contributed by atoms with van der Waals surface area (Å²) >= 11 is 1.87. The summed E-state index contributed by atoms with van der Waals surface area (Å²) in [5.74, 6) is -1.01. The number of fused-ring (bicyclic) bond motifs is 1. The van der Waals surface area contributed by atoms with Crippen LogP contribution in [0, 0.1) is 0 Å². The summed E-state index contributed by atoms with van der Waals surface area (Å²) < 4.78 is 0.185. The van der Waals surface area contributed by atoms with Crippen LogP contribution in [0.2, 0.25) is 0 Å². The summed E-state index contributed by atoms with van der Waals surface area (Å²) in [6.45, 7) is 9.00. The van der Waals surface area contributed by atoms with Gasteiger partial charge in [-0.15, -0.1) is 11.8 Å². The molecule has 140 valence electrons. The third-order valence-electron chi connectivity index (χ3n) is 4.83. The summed E-state index contributed by atoms with van der Waals surface area (Å²) in [5, 5.41) is 8.94. The van der Waals surface area contributed by atoms with Crippen LogP contribution in [-0.2, 0) is 5.41 Å².